The van der Waals surface area contributed by atoms with Crippen LogP contribution in [0.3, 0.4) is 0 Å². The molecule has 0 aliphatic carbocycles. The van der Waals surface area contributed by atoms with Crippen LogP contribution in [0.5, 0.6) is 11.5 Å². The second-order valence-electron chi connectivity index (χ2n) is 7.29. The monoisotopic (exact) mass is 462 g/mol. The Bertz CT molecular complexity index is 1090. The van der Waals surface area contributed by atoms with Crippen molar-refractivity contribution in [3.05, 3.63) is 90.5 Å². The lowest BCUT2D eigenvalue weighted by Gasteiger charge is -2.15. The summed E-state index contributed by atoms with van der Waals surface area (Å²) in [4.78, 5) is 26.9. The number of anilines is 1. The smallest absolute Gasteiger partial charge is 0.242 e. The number of nitrogens with one attached hydrogen (secondary N) is 1. The van der Waals surface area contributed by atoms with Gasteiger partial charge in [0, 0.05) is 18.7 Å². The van der Waals surface area contributed by atoms with Crippen molar-refractivity contribution in [2.75, 3.05) is 11.9 Å². The van der Waals surface area contributed by atoms with Gasteiger partial charge >= 0.3 is 0 Å². The van der Waals surface area contributed by atoms with E-state index in [4.69, 9.17) is 17.0 Å². The molecule has 2 amide bonds. The fourth-order valence-corrected chi connectivity index (χ4v) is 4.87. The van der Waals surface area contributed by atoms with Gasteiger partial charge in [0.1, 0.15) is 15.8 Å². The lowest BCUT2D eigenvalue weighted by Crippen LogP contribution is -2.34. The van der Waals surface area contributed by atoms with E-state index in [-0.39, 0.29) is 18.2 Å². The lowest BCUT2D eigenvalue weighted by molar-refractivity contribution is -0.128. The molecule has 0 saturated carbocycles. The number of thiocarbonyl (C=S) groups is 1. The van der Waals surface area contributed by atoms with Crippen molar-refractivity contribution in [2.24, 2.45) is 0 Å². The minimum atomic E-state index is -0.487. The van der Waals surface area contributed by atoms with Crippen molar-refractivity contribution in [1.82, 2.24) is 4.90 Å². The normalized spacial score (nSPS) is 15.6. The molecule has 5 nitrogen and oxygen atoms in total. The Morgan fingerprint density at radius 1 is 0.938 bits per heavy atom. The van der Waals surface area contributed by atoms with Crippen LogP contribution in [0.1, 0.15) is 12.0 Å². The van der Waals surface area contributed by atoms with Gasteiger partial charge in [0.2, 0.25) is 11.8 Å². The predicted molar refractivity (Wildman–Crippen MR) is 132 cm³/mol. The molecule has 0 radical (unpaired) electrons. The van der Waals surface area contributed by atoms with Gasteiger partial charge in [-0.25, -0.2) is 0 Å². The highest BCUT2D eigenvalue weighted by molar-refractivity contribution is 8.24. The Kier molecular flexibility index (Phi) is 7.19. The zero-order valence-electron chi connectivity index (χ0n) is 17.3. The molecule has 1 atom stereocenters. The number of ether oxygens (including phenoxy) is 1. The van der Waals surface area contributed by atoms with Gasteiger partial charge in [0.25, 0.3) is 0 Å². The first-order chi connectivity index (χ1) is 15.6. The fourth-order valence-electron chi connectivity index (χ4n) is 3.33. The number of hydrogen-bond acceptors (Lipinski definition) is 5. The molecule has 3 aromatic carbocycles. The third kappa shape index (κ3) is 5.75. The molecule has 1 heterocycles. The number of hydrogen-bond donors (Lipinski definition) is 1. The Morgan fingerprint density at radius 2 is 1.56 bits per heavy atom. The highest BCUT2D eigenvalue weighted by atomic mass is 32.2. The van der Waals surface area contributed by atoms with Crippen LogP contribution in [0, 0.1) is 0 Å². The molecule has 32 heavy (non-hydrogen) atoms. The summed E-state index contributed by atoms with van der Waals surface area (Å²) < 4.78 is 6.29. The average molecular weight is 463 g/mol. The number of carbonyl (C=O) groups excluding carboxylic acids is 2. The van der Waals surface area contributed by atoms with E-state index in [1.165, 1.54) is 11.8 Å². The molecule has 1 saturated heterocycles. The van der Waals surface area contributed by atoms with Crippen molar-refractivity contribution in [3.8, 4) is 11.5 Å². The van der Waals surface area contributed by atoms with Gasteiger partial charge in [-0.3, -0.25) is 14.5 Å². The summed E-state index contributed by atoms with van der Waals surface area (Å²) in [5.41, 5.74) is 1.79. The Morgan fingerprint density at radius 3 is 2.25 bits per heavy atom. The number of para-hydroxylation sites is 1. The van der Waals surface area contributed by atoms with E-state index >= 15 is 0 Å². The third-order valence-corrected chi connectivity index (χ3v) is 6.54. The maximum absolute atomic E-state index is 12.8. The fraction of sp³-hybridized carbons (Fsp3) is 0.160. The molecule has 1 unspecified atom stereocenters. The zero-order chi connectivity index (χ0) is 22.3. The summed E-state index contributed by atoms with van der Waals surface area (Å²) in [6, 6.07) is 26.6. The number of thioether (sulfide) groups is 1. The van der Waals surface area contributed by atoms with Crippen molar-refractivity contribution in [3.63, 3.8) is 0 Å². The minimum absolute atomic E-state index is 0.0771. The summed E-state index contributed by atoms with van der Waals surface area (Å²) in [6.07, 6.45) is 0.803. The van der Waals surface area contributed by atoms with Crippen LogP contribution in [0.2, 0.25) is 0 Å². The molecule has 1 N–H and O–H groups in total. The van der Waals surface area contributed by atoms with Gasteiger partial charge in [-0.05, 0) is 48.4 Å². The molecule has 3 aromatic rings. The summed E-state index contributed by atoms with van der Waals surface area (Å²) in [5.74, 6) is 1.10. The molecule has 0 spiro atoms. The van der Waals surface area contributed by atoms with E-state index in [2.05, 4.69) is 5.32 Å². The summed E-state index contributed by atoms with van der Waals surface area (Å²) in [6.45, 7) is 0.523. The SMILES string of the molecule is O=C(CC1SC(=S)N(CCc2ccccc2)C1=O)Nc1ccc(Oc2ccccc2)cc1. The Hall–Kier alpha value is -3.16. The molecule has 0 aromatic heterocycles. The van der Waals surface area contributed by atoms with E-state index in [0.29, 0.717) is 22.3 Å². The number of nitrogens with zero attached hydrogens (tertiary/aromatic N) is 1. The van der Waals surface area contributed by atoms with Crippen LogP contribution < -0.4 is 10.1 Å². The molecule has 1 fully saturated rings. The average Bonchev–Trinajstić information content (AvgIpc) is 3.07. The molecule has 0 bridgehead atoms. The largest absolute Gasteiger partial charge is 0.457 e. The van der Waals surface area contributed by atoms with Crippen LogP contribution in [0.15, 0.2) is 84.9 Å². The van der Waals surface area contributed by atoms with Crippen molar-refractivity contribution < 1.29 is 14.3 Å². The van der Waals surface area contributed by atoms with Crippen LogP contribution in [0.4, 0.5) is 5.69 Å². The molecular formula is C25H22N2O3S2. The molecule has 4 rings (SSSR count). The summed E-state index contributed by atoms with van der Waals surface area (Å²) in [5, 5.41) is 2.36. The highest BCUT2D eigenvalue weighted by Crippen LogP contribution is 2.30. The number of amides is 2. The Labute approximate surface area is 196 Å². The molecule has 1 aliphatic rings. The van der Waals surface area contributed by atoms with Crippen molar-refractivity contribution >= 4 is 45.8 Å². The Balaban J connectivity index is 1.28. The first kappa shape index (κ1) is 22.0. The van der Waals surface area contributed by atoms with Crippen LogP contribution in [0.25, 0.3) is 0 Å². The van der Waals surface area contributed by atoms with E-state index in [0.717, 1.165) is 17.7 Å². The number of rotatable bonds is 8. The van der Waals surface area contributed by atoms with Crippen LogP contribution >= 0.6 is 24.0 Å². The summed E-state index contributed by atoms with van der Waals surface area (Å²) >= 11 is 6.67. The zero-order valence-corrected chi connectivity index (χ0v) is 18.9. The third-order valence-electron chi connectivity index (χ3n) is 4.96. The van der Waals surface area contributed by atoms with Gasteiger partial charge in [-0.2, -0.15) is 0 Å². The first-order valence-electron chi connectivity index (χ1n) is 10.3. The van der Waals surface area contributed by atoms with Gasteiger partial charge < -0.3 is 10.1 Å². The maximum Gasteiger partial charge on any atom is 0.242 e. The lowest BCUT2D eigenvalue weighted by atomic mass is 10.1. The van der Waals surface area contributed by atoms with E-state index in [1.54, 1.807) is 29.2 Å². The molecule has 1 aliphatic heterocycles. The van der Waals surface area contributed by atoms with Crippen LogP contribution in [-0.4, -0.2) is 32.8 Å². The van der Waals surface area contributed by atoms with E-state index in [9.17, 15) is 9.59 Å². The standard InChI is InChI=1S/C25H22N2O3S2/c28-23(26-19-11-13-21(14-12-19)30-20-9-5-2-6-10-20)17-22-24(29)27(25(31)32-22)16-15-18-7-3-1-4-8-18/h1-14,22H,15-17H2,(H,26,28). The van der Waals surface area contributed by atoms with E-state index < -0.39 is 5.25 Å². The first-order valence-corrected chi connectivity index (χ1v) is 11.6. The molecule has 162 valence electrons. The second-order valence-corrected chi connectivity index (χ2v) is 9.13. The van der Waals surface area contributed by atoms with Gasteiger partial charge in [0.15, 0.2) is 0 Å². The molecule has 7 heteroatoms. The van der Waals surface area contributed by atoms with Gasteiger partial charge in [-0.15, -0.1) is 0 Å². The highest BCUT2D eigenvalue weighted by Gasteiger charge is 2.37. The summed E-state index contributed by atoms with van der Waals surface area (Å²) in [7, 11) is 0. The van der Waals surface area contributed by atoms with E-state index in [1.807, 2.05) is 60.7 Å². The second kappa shape index (κ2) is 10.4. The number of benzene rings is 3. The van der Waals surface area contributed by atoms with Crippen molar-refractivity contribution in [2.45, 2.75) is 18.1 Å². The molecular weight excluding hydrogens is 440 g/mol. The quantitative estimate of drug-likeness (QED) is 0.462. The topological polar surface area (TPSA) is 58.6 Å². The number of carbonyl (C=O) groups is 2. The van der Waals surface area contributed by atoms with Gasteiger partial charge in [-0.1, -0.05) is 72.5 Å². The predicted octanol–water partition coefficient (Wildman–Crippen LogP) is 5.28. The van der Waals surface area contributed by atoms with Crippen LogP contribution in [-0.2, 0) is 16.0 Å². The van der Waals surface area contributed by atoms with Crippen molar-refractivity contribution in [1.29, 1.82) is 0 Å². The maximum atomic E-state index is 12.8. The minimum Gasteiger partial charge on any atom is -0.457 e. The van der Waals surface area contributed by atoms with Gasteiger partial charge in [0.05, 0.1) is 5.25 Å².